The largest absolute Gasteiger partial charge is 0.342 e. The molecule has 1 amide bonds. The number of fused-ring (bicyclic) bond motifs is 1. The maximum absolute atomic E-state index is 12.1. The van der Waals surface area contributed by atoms with Crippen molar-refractivity contribution in [2.75, 3.05) is 0 Å². The molecule has 0 saturated carbocycles. The molecule has 0 aliphatic heterocycles. The summed E-state index contributed by atoms with van der Waals surface area (Å²) in [7, 11) is 0. The molecule has 0 unspecified atom stereocenters. The number of imidazole rings is 1. The average molecular weight is 290 g/mol. The first kappa shape index (κ1) is 13.3. The number of aryl methyl sites for hydroxylation is 3. The summed E-state index contributed by atoms with van der Waals surface area (Å²) in [6.07, 6.45) is 6.25. The molecule has 1 atom stereocenters. The van der Waals surface area contributed by atoms with Crippen LogP contribution in [-0.2, 0) is 12.8 Å². The quantitative estimate of drug-likeness (QED) is 0.912. The zero-order valence-electron chi connectivity index (χ0n) is 11.7. The van der Waals surface area contributed by atoms with Crippen LogP contribution in [0.15, 0.2) is 6.20 Å². The van der Waals surface area contributed by atoms with Crippen LogP contribution in [0.3, 0.4) is 0 Å². The van der Waals surface area contributed by atoms with Gasteiger partial charge in [-0.3, -0.25) is 4.79 Å². The minimum absolute atomic E-state index is 0.0679. The number of hydrogen-bond donors (Lipinski definition) is 2. The molecule has 20 heavy (non-hydrogen) atoms. The fraction of sp³-hybridized carbons (Fsp3) is 0.500. The third-order valence-corrected chi connectivity index (χ3v) is 4.87. The SMILES string of the molecule is Cc1ncc(C(=O)N[C@@H](C)c2nc3c(s2)CCCC3)[nH]1. The van der Waals surface area contributed by atoms with Crippen LogP contribution < -0.4 is 5.32 Å². The normalized spacial score (nSPS) is 15.7. The first-order valence-electron chi connectivity index (χ1n) is 6.94. The molecule has 1 aliphatic carbocycles. The lowest BCUT2D eigenvalue weighted by atomic mass is 10.0. The van der Waals surface area contributed by atoms with Gasteiger partial charge in [-0.05, 0) is 39.5 Å². The van der Waals surface area contributed by atoms with Gasteiger partial charge in [0.15, 0.2) is 0 Å². The molecule has 3 rings (SSSR count). The molecule has 5 nitrogen and oxygen atoms in total. The predicted molar refractivity (Wildman–Crippen MR) is 78.0 cm³/mol. The second kappa shape index (κ2) is 5.36. The first-order chi connectivity index (χ1) is 9.63. The molecule has 0 spiro atoms. The lowest BCUT2D eigenvalue weighted by molar-refractivity contribution is 0.0935. The van der Waals surface area contributed by atoms with Crippen molar-refractivity contribution in [1.82, 2.24) is 20.3 Å². The molecule has 0 aromatic carbocycles. The number of carbonyl (C=O) groups excluding carboxylic acids is 1. The van der Waals surface area contributed by atoms with Crippen molar-refractivity contribution >= 4 is 17.2 Å². The van der Waals surface area contributed by atoms with Gasteiger partial charge in [-0.2, -0.15) is 0 Å². The molecule has 0 bridgehead atoms. The van der Waals surface area contributed by atoms with E-state index in [1.807, 2.05) is 13.8 Å². The van der Waals surface area contributed by atoms with E-state index in [0.717, 1.165) is 23.7 Å². The second-order valence-corrected chi connectivity index (χ2v) is 6.32. The van der Waals surface area contributed by atoms with Crippen molar-refractivity contribution < 1.29 is 4.79 Å². The van der Waals surface area contributed by atoms with E-state index < -0.39 is 0 Å². The Bertz CT molecular complexity index is 607. The van der Waals surface area contributed by atoms with Gasteiger partial charge >= 0.3 is 0 Å². The number of hydrogen-bond acceptors (Lipinski definition) is 4. The van der Waals surface area contributed by atoms with Gasteiger partial charge in [0.25, 0.3) is 5.91 Å². The fourth-order valence-electron chi connectivity index (χ4n) is 2.43. The van der Waals surface area contributed by atoms with E-state index in [1.165, 1.54) is 23.4 Å². The summed E-state index contributed by atoms with van der Waals surface area (Å²) in [5, 5.41) is 3.97. The van der Waals surface area contributed by atoms with Crippen LogP contribution in [-0.4, -0.2) is 20.9 Å². The highest BCUT2D eigenvalue weighted by Gasteiger charge is 2.20. The van der Waals surface area contributed by atoms with Gasteiger partial charge in [0.05, 0.1) is 17.9 Å². The smallest absolute Gasteiger partial charge is 0.269 e. The minimum atomic E-state index is -0.133. The Kier molecular flexibility index (Phi) is 3.56. The average Bonchev–Trinajstić information content (AvgIpc) is 3.04. The highest BCUT2D eigenvalue weighted by Crippen LogP contribution is 2.29. The van der Waals surface area contributed by atoms with Crippen LogP contribution >= 0.6 is 11.3 Å². The highest BCUT2D eigenvalue weighted by molar-refractivity contribution is 7.11. The third kappa shape index (κ3) is 2.60. The standard InChI is InChI=1S/C14H18N4OS/c1-8(16-13(19)11-7-15-9(2)17-11)14-18-10-5-3-4-6-12(10)20-14/h7-8H,3-6H2,1-2H3,(H,15,17)(H,16,19)/t8-/m0/s1. The van der Waals surface area contributed by atoms with Crippen LogP contribution in [0.2, 0.25) is 0 Å². The molecule has 2 aromatic heterocycles. The maximum atomic E-state index is 12.1. The van der Waals surface area contributed by atoms with Crippen LogP contribution in [0.4, 0.5) is 0 Å². The van der Waals surface area contributed by atoms with E-state index in [-0.39, 0.29) is 11.9 Å². The zero-order valence-corrected chi connectivity index (χ0v) is 12.5. The van der Waals surface area contributed by atoms with E-state index in [2.05, 4.69) is 20.3 Å². The molecule has 2 heterocycles. The molecule has 0 fully saturated rings. The van der Waals surface area contributed by atoms with Crippen molar-refractivity contribution in [3.05, 3.63) is 33.3 Å². The summed E-state index contributed by atoms with van der Waals surface area (Å²) in [5.74, 6) is 0.610. The Labute approximate surface area is 121 Å². The second-order valence-electron chi connectivity index (χ2n) is 5.21. The lowest BCUT2D eigenvalue weighted by Crippen LogP contribution is -2.26. The van der Waals surface area contributed by atoms with Gasteiger partial charge in [0, 0.05) is 4.88 Å². The molecule has 0 saturated heterocycles. The number of nitrogens with zero attached hydrogens (tertiary/aromatic N) is 2. The number of aromatic nitrogens is 3. The summed E-state index contributed by atoms with van der Waals surface area (Å²) >= 11 is 1.73. The fourth-order valence-corrected chi connectivity index (χ4v) is 3.59. The summed E-state index contributed by atoms with van der Waals surface area (Å²) in [6.45, 7) is 3.81. The number of carbonyl (C=O) groups is 1. The number of nitrogens with one attached hydrogen (secondary N) is 2. The molecule has 6 heteroatoms. The Morgan fingerprint density at radius 2 is 2.25 bits per heavy atom. The Balaban J connectivity index is 1.71. The van der Waals surface area contributed by atoms with E-state index in [0.29, 0.717) is 5.69 Å². The maximum Gasteiger partial charge on any atom is 0.269 e. The number of H-pyrrole nitrogens is 1. The number of aromatic amines is 1. The van der Waals surface area contributed by atoms with Crippen molar-refractivity contribution in [3.63, 3.8) is 0 Å². The van der Waals surface area contributed by atoms with Crippen LogP contribution in [0.25, 0.3) is 0 Å². The molecule has 0 radical (unpaired) electrons. The number of thiazole rings is 1. The topological polar surface area (TPSA) is 70.7 Å². The molecule has 2 N–H and O–H groups in total. The molecular weight excluding hydrogens is 272 g/mol. The predicted octanol–water partition coefficient (Wildman–Crippen LogP) is 2.54. The minimum Gasteiger partial charge on any atom is -0.342 e. The van der Waals surface area contributed by atoms with Crippen molar-refractivity contribution in [1.29, 1.82) is 0 Å². The highest BCUT2D eigenvalue weighted by atomic mass is 32.1. The van der Waals surface area contributed by atoms with E-state index in [1.54, 1.807) is 17.5 Å². The van der Waals surface area contributed by atoms with Crippen molar-refractivity contribution in [3.8, 4) is 0 Å². The lowest BCUT2D eigenvalue weighted by Gasteiger charge is -2.09. The Morgan fingerprint density at radius 1 is 1.45 bits per heavy atom. The van der Waals surface area contributed by atoms with Gasteiger partial charge in [-0.25, -0.2) is 9.97 Å². The van der Waals surface area contributed by atoms with Crippen LogP contribution in [0, 0.1) is 6.92 Å². The monoisotopic (exact) mass is 290 g/mol. The van der Waals surface area contributed by atoms with Crippen molar-refractivity contribution in [2.45, 2.75) is 45.6 Å². The van der Waals surface area contributed by atoms with Gasteiger partial charge in [-0.1, -0.05) is 0 Å². The molecule has 2 aromatic rings. The van der Waals surface area contributed by atoms with Gasteiger partial charge in [-0.15, -0.1) is 11.3 Å². The van der Waals surface area contributed by atoms with Crippen LogP contribution in [0.5, 0.6) is 0 Å². The zero-order chi connectivity index (χ0) is 14.1. The Morgan fingerprint density at radius 3 is 2.95 bits per heavy atom. The van der Waals surface area contributed by atoms with Gasteiger partial charge in [0.1, 0.15) is 16.5 Å². The third-order valence-electron chi connectivity index (χ3n) is 3.53. The van der Waals surface area contributed by atoms with E-state index >= 15 is 0 Å². The van der Waals surface area contributed by atoms with Crippen LogP contribution in [0.1, 0.15) is 57.7 Å². The van der Waals surface area contributed by atoms with E-state index in [4.69, 9.17) is 0 Å². The summed E-state index contributed by atoms with van der Waals surface area (Å²) in [6, 6.07) is -0.0679. The Hall–Kier alpha value is -1.69. The summed E-state index contributed by atoms with van der Waals surface area (Å²) in [5.41, 5.74) is 1.73. The summed E-state index contributed by atoms with van der Waals surface area (Å²) in [4.78, 5) is 25.1. The van der Waals surface area contributed by atoms with E-state index in [9.17, 15) is 4.79 Å². The van der Waals surface area contributed by atoms with Gasteiger partial charge in [0.2, 0.25) is 0 Å². The molecule has 106 valence electrons. The number of rotatable bonds is 3. The van der Waals surface area contributed by atoms with Gasteiger partial charge < -0.3 is 10.3 Å². The molecular formula is C14H18N4OS. The number of amides is 1. The van der Waals surface area contributed by atoms with Crippen molar-refractivity contribution in [2.24, 2.45) is 0 Å². The summed E-state index contributed by atoms with van der Waals surface area (Å²) < 4.78 is 0. The first-order valence-corrected chi connectivity index (χ1v) is 7.76. The molecule has 1 aliphatic rings.